The number of phenolic OH excluding ortho intramolecular Hbond substituents is 4. The number of phenols is 4. The van der Waals surface area contributed by atoms with Crippen LogP contribution in [0.2, 0.25) is 0 Å². The molecule has 0 spiro atoms. The molecule has 2 aromatic carbocycles. The van der Waals surface area contributed by atoms with Gasteiger partial charge in [0.1, 0.15) is 12.1 Å². The van der Waals surface area contributed by atoms with Gasteiger partial charge >= 0.3 is 0 Å². The molecule has 2 atom stereocenters. The molecule has 220 valence electrons. The van der Waals surface area contributed by atoms with Crippen LogP contribution >= 0.6 is 0 Å². The molecule has 2 aromatic rings. The maximum Gasteiger partial charge on any atom is 0.268 e. The second-order valence-electron chi connectivity index (χ2n) is 9.21. The van der Waals surface area contributed by atoms with Crippen molar-refractivity contribution in [2.24, 2.45) is 0 Å². The van der Waals surface area contributed by atoms with Crippen molar-refractivity contribution in [3.05, 3.63) is 47.5 Å². The van der Waals surface area contributed by atoms with E-state index in [4.69, 9.17) is 0 Å². The van der Waals surface area contributed by atoms with E-state index >= 15 is 0 Å². The summed E-state index contributed by atoms with van der Waals surface area (Å²) >= 11 is 0. The molecule has 2 unspecified atom stereocenters. The van der Waals surface area contributed by atoms with Crippen molar-refractivity contribution in [2.75, 3.05) is 19.6 Å². The molecule has 0 aliphatic carbocycles. The topological polar surface area (TPSA) is 238 Å². The normalized spacial score (nSPS) is 15.5. The average molecular weight is 574 g/mol. The summed E-state index contributed by atoms with van der Waals surface area (Å²) < 4.78 is 0. The molecule has 0 aromatic heterocycles. The van der Waals surface area contributed by atoms with Crippen LogP contribution in [0.1, 0.15) is 46.4 Å². The molecule has 41 heavy (non-hydrogen) atoms. The average Bonchev–Trinajstić information content (AvgIpc) is 2.94. The zero-order valence-corrected chi connectivity index (χ0v) is 21.8. The van der Waals surface area contributed by atoms with E-state index < -0.39 is 71.2 Å². The van der Waals surface area contributed by atoms with Crippen LogP contribution in [0.4, 0.5) is 0 Å². The summed E-state index contributed by atoms with van der Waals surface area (Å²) in [6, 6.07) is 5.37. The molecule has 0 bridgehead atoms. The SMILES string of the molecule is O=C(CNC(=O)C(CCCNC(=O)c1cccc(O)c1O)NC(=O)c1cccc(O)c1O)NC1CCCN(O)C1=O. The Morgan fingerprint density at radius 2 is 1.51 bits per heavy atom. The van der Waals surface area contributed by atoms with Crippen molar-refractivity contribution in [3.8, 4) is 23.0 Å². The minimum absolute atomic E-state index is 0.00705. The lowest BCUT2D eigenvalue weighted by Crippen LogP contribution is -2.54. The first-order valence-electron chi connectivity index (χ1n) is 12.7. The molecule has 9 N–H and O–H groups in total. The maximum atomic E-state index is 12.9. The van der Waals surface area contributed by atoms with E-state index in [0.717, 1.165) is 6.07 Å². The van der Waals surface area contributed by atoms with Crippen LogP contribution < -0.4 is 21.3 Å². The zero-order valence-electron chi connectivity index (χ0n) is 21.8. The van der Waals surface area contributed by atoms with E-state index in [0.29, 0.717) is 17.9 Å². The van der Waals surface area contributed by atoms with Crippen LogP contribution in [0.5, 0.6) is 23.0 Å². The van der Waals surface area contributed by atoms with Crippen molar-refractivity contribution in [1.82, 2.24) is 26.3 Å². The summed E-state index contributed by atoms with van der Waals surface area (Å²) in [6.45, 7) is -0.411. The van der Waals surface area contributed by atoms with Gasteiger partial charge in [-0.15, -0.1) is 0 Å². The molecule has 15 heteroatoms. The lowest BCUT2D eigenvalue weighted by atomic mass is 10.1. The molecular formula is C26H31N5O10. The van der Waals surface area contributed by atoms with E-state index in [2.05, 4.69) is 21.3 Å². The van der Waals surface area contributed by atoms with Crippen LogP contribution in [0.25, 0.3) is 0 Å². The van der Waals surface area contributed by atoms with Crippen LogP contribution in [-0.4, -0.2) is 92.0 Å². The number of hydrogen-bond acceptors (Lipinski definition) is 10. The summed E-state index contributed by atoms with van der Waals surface area (Å²) in [4.78, 5) is 62.3. The Bertz CT molecular complexity index is 1320. The molecule has 1 aliphatic rings. The second kappa shape index (κ2) is 13.8. The standard InChI is InChI=1S/C26H31N5O10/c32-18-9-1-5-14(21(18)35)23(37)27-11-3-7-16(30-24(38)15-6-2-10-19(33)22(15)36)25(39)28-13-20(34)29-17-8-4-12-31(41)26(17)40/h1-2,5-6,9-10,16-17,32-33,35-36,41H,3-4,7-8,11-13H2,(H,27,37)(H,28,39)(H,29,34)(H,30,38). The molecule has 1 heterocycles. The number of hydrogen-bond donors (Lipinski definition) is 9. The van der Waals surface area contributed by atoms with E-state index in [1.54, 1.807) is 0 Å². The predicted molar refractivity (Wildman–Crippen MR) is 140 cm³/mol. The first-order valence-corrected chi connectivity index (χ1v) is 12.7. The van der Waals surface area contributed by atoms with Gasteiger partial charge in [-0.2, -0.15) is 0 Å². The Kier molecular flexibility index (Phi) is 10.3. The van der Waals surface area contributed by atoms with E-state index in [9.17, 15) is 49.6 Å². The number of nitrogens with zero attached hydrogens (tertiary/aromatic N) is 1. The number of aromatic hydroxyl groups is 4. The summed E-state index contributed by atoms with van der Waals surface area (Å²) in [5.41, 5.74) is -0.476. The Balaban J connectivity index is 1.61. The molecule has 0 saturated carbocycles. The Morgan fingerprint density at radius 1 is 0.902 bits per heavy atom. The lowest BCUT2D eigenvalue weighted by Gasteiger charge is -2.28. The summed E-state index contributed by atoms with van der Waals surface area (Å²) in [6.07, 6.45) is 0.862. The first-order chi connectivity index (χ1) is 19.5. The highest BCUT2D eigenvalue weighted by Gasteiger charge is 2.30. The molecule has 1 aliphatic heterocycles. The number of amides is 5. The van der Waals surface area contributed by atoms with Gasteiger partial charge in [-0.05, 0) is 49.9 Å². The highest BCUT2D eigenvalue weighted by molar-refractivity contribution is 6.00. The quantitative estimate of drug-likeness (QED) is 0.0942. The summed E-state index contributed by atoms with van der Waals surface area (Å²) in [5.74, 6) is -6.07. The molecular weight excluding hydrogens is 542 g/mol. The third-order valence-corrected chi connectivity index (χ3v) is 6.27. The molecule has 15 nitrogen and oxygen atoms in total. The largest absolute Gasteiger partial charge is 0.504 e. The van der Waals surface area contributed by atoms with E-state index in [1.807, 2.05) is 0 Å². The zero-order chi connectivity index (χ0) is 30.1. The van der Waals surface area contributed by atoms with Gasteiger partial charge in [-0.3, -0.25) is 29.2 Å². The smallest absolute Gasteiger partial charge is 0.268 e. The van der Waals surface area contributed by atoms with Crippen LogP contribution in [0.3, 0.4) is 0 Å². The molecule has 1 fully saturated rings. The third-order valence-electron chi connectivity index (χ3n) is 6.27. The first kappa shape index (κ1) is 30.5. The van der Waals surface area contributed by atoms with E-state index in [-0.39, 0.29) is 37.1 Å². The monoisotopic (exact) mass is 573 g/mol. The molecule has 1 saturated heterocycles. The van der Waals surface area contributed by atoms with Crippen LogP contribution in [-0.2, 0) is 14.4 Å². The third kappa shape index (κ3) is 7.98. The fraction of sp³-hybridized carbons (Fsp3) is 0.346. The number of carbonyl (C=O) groups excluding carboxylic acids is 5. The highest BCUT2D eigenvalue weighted by Crippen LogP contribution is 2.29. The van der Waals surface area contributed by atoms with Crippen molar-refractivity contribution in [1.29, 1.82) is 0 Å². The maximum absolute atomic E-state index is 12.9. The highest BCUT2D eigenvalue weighted by atomic mass is 16.5. The van der Waals surface area contributed by atoms with Gasteiger partial charge in [-0.1, -0.05) is 12.1 Å². The number of carbonyl (C=O) groups is 5. The number of piperidine rings is 1. The Morgan fingerprint density at radius 3 is 2.15 bits per heavy atom. The van der Waals surface area contributed by atoms with Crippen molar-refractivity contribution >= 4 is 29.5 Å². The minimum atomic E-state index is -1.26. The Hall–Kier alpha value is -5.05. The molecule has 0 radical (unpaired) electrons. The van der Waals surface area contributed by atoms with Crippen LogP contribution in [0.15, 0.2) is 36.4 Å². The second-order valence-corrected chi connectivity index (χ2v) is 9.21. The molecule has 5 amide bonds. The molecule has 3 rings (SSSR count). The predicted octanol–water partition coefficient (Wildman–Crippen LogP) is -0.570. The lowest BCUT2D eigenvalue weighted by molar-refractivity contribution is -0.173. The van der Waals surface area contributed by atoms with Gasteiger partial charge in [0.25, 0.3) is 17.7 Å². The number of rotatable bonds is 11. The number of para-hydroxylation sites is 2. The summed E-state index contributed by atoms with van der Waals surface area (Å²) in [7, 11) is 0. The van der Waals surface area contributed by atoms with Gasteiger partial charge in [0, 0.05) is 13.1 Å². The number of benzene rings is 2. The van der Waals surface area contributed by atoms with Gasteiger partial charge in [0.2, 0.25) is 11.8 Å². The van der Waals surface area contributed by atoms with Gasteiger partial charge in [0.05, 0.1) is 17.7 Å². The van der Waals surface area contributed by atoms with Gasteiger partial charge in [0.15, 0.2) is 23.0 Å². The number of nitrogens with one attached hydrogen (secondary N) is 4. The van der Waals surface area contributed by atoms with Crippen LogP contribution in [0, 0.1) is 0 Å². The van der Waals surface area contributed by atoms with E-state index in [1.165, 1.54) is 30.3 Å². The minimum Gasteiger partial charge on any atom is -0.504 e. The van der Waals surface area contributed by atoms with Crippen molar-refractivity contribution in [3.63, 3.8) is 0 Å². The fourth-order valence-corrected chi connectivity index (χ4v) is 4.07. The Labute approximate surface area is 233 Å². The van der Waals surface area contributed by atoms with Crippen molar-refractivity contribution < 1.29 is 49.6 Å². The fourth-order valence-electron chi connectivity index (χ4n) is 4.07. The number of hydroxylamine groups is 2. The van der Waals surface area contributed by atoms with Gasteiger partial charge < -0.3 is 41.7 Å². The summed E-state index contributed by atoms with van der Waals surface area (Å²) in [5, 5.41) is 58.9. The van der Waals surface area contributed by atoms with Gasteiger partial charge in [-0.25, -0.2) is 5.06 Å². The van der Waals surface area contributed by atoms with Crippen molar-refractivity contribution in [2.45, 2.75) is 37.8 Å².